The number of methoxy groups -OCH3 is 1. The number of hydrogen-bond donors (Lipinski definition) is 1. The van der Waals surface area contributed by atoms with E-state index in [0.717, 1.165) is 21.7 Å². The summed E-state index contributed by atoms with van der Waals surface area (Å²) < 4.78 is 5.08. The Bertz CT molecular complexity index is 962. The van der Waals surface area contributed by atoms with Crippen molar-refractivity contribution in [1.29, 1.82) is 0 Å². The highest BCUT2D eigenvalue weighted by Crippen LogP contribution is 2.12. The SMILES string of the molecule is COc1ccc(C(=O)NCCC2C=c3c(C)ccc(C)c3=NC2=O)cc1. The molecule has 5 nitrogen and oxygen atoms in total. The monoisotopic (exact) mass is 350 g/mol. The van der Waals surface area contributed by atoms with Crippen LogP contribution in [0.25, 0.3) is 6.08 Å². The van der Waals surface area contributed by atoms with Crippen LogP contribution in [0.3, 0.4) is 0 Å². The lowest BCUT2D eigenvalue weighted by atomic mass is 9.97. The first-order valence-corrected chi connectivity index (χ1v) is 8.62. The van der Waals surface area contributed by atoms with Gasteiger partial charge in [0, 0.05) is 17.3 Å². The number of amides is 2. The van der Waals surface area contributed by atoms with E-state index in [0.29, 0.717) is 24.3 Å². The number of hydrogen-bond acceptors (Lipinski definition) is 3. The predicted octanol–water partition coefficient (Wildman–Crippen LogP) is 1.69. The summed E-state index contributed by atoms with van der Waals surface area (Å²) in [5.41, 5.74) is 2.67. The molecule has 0 radical (unpaired) electrons. The molecule has 0 aliphatic carbocycles. The van der Waals surface area contributed by atoms with E-state index in [4.69, 9.17) is 4.74 Å². The highest BCUT2D eigenvalue weighted by atomic mass is 16.5. The predicted molar refractivity (Wildman–Crippen MR) is 99.6 cm³/mol. The van der Waals surface area contributed by atoms with Gasteiger partial charge in [0.1, 0.15) is 5.75 Å². The summed E-state index contributed by atoms with van der Waals surface area (Å²) in [6, 6.07) is 10.9. The molecule has 1 N–H and O–H groups in total. The van der Waals surface area contributed by atoms with Crippen molar-refractivity contribution in [3.8, 4) is 5.75 Å². The smallest absolute Gasteiger partial charge is 0.253 e. The molecule has 0 bridgehead atoms. The molecule has 0 aromatic heterocycles. The van der Waals surface area contributed by atoms with Crippen molar-refractivity contribution in [1.82, 2.24) is 5.32 Å². The first-order chi connectivity index (χ1) is 12.5. The normalized spacial score (nSPS) is 15.5. The minimum absolute atomic E-state index is 0.148. The summed E-state index contributed by atoms with van der Waals surface area (Å²) >= 11 is 0. The van der Waals surface area contributed by atoms with E-state index in [1.807, 2.05) is 32.1 Å². The Hall–Kier alpha value is -2.95. The molecule has 1 atom stereocenters. The van der Waals surface area contributed by atoms with E-state index in [1.54, 1.807) is 31.4 Å². The van der Waals surface area contributed by atoms with E-state index < -0.39 is 0 Å². The van der Waals surface area contributed by atoms with Gasteiger partial charge in [-0.05, 0) is 55.7 Å². The van der Waals surface area contributed by atoms with Crippen molar-refractivity contribution >= 4 is 17.9 Å². The molecule has 1 aliphatic rings. The lowest BCUT2D eigenvalue weighted by molar-refractivity contribution is -0.120. The lowest BCUT2D eigenvalue weighted by Crippen LogP contribution is -2.38. The van der Waals surface area contributed by atoms with E-state index in [2.05, 4.69) is 10.3 Å². The van der Waals surface area contributed by atoms with Crippen LogP contribution in [0.2, 0.25) is 0 Å². The zero-order chi connectivity index (χ0) is 18.7. The van der Waals surface area contributed by atoms with Crippen molar-refractivity contribution < 1.29 is 14.3 Å². The van der Waals surface area contributed by atoms with Crippen LogP contribution in [0.1, 0.15) is 27.9 Å². The molecule has 0 saturated carbocycles. The van der Waals surface area contributed by atoms with Gasteiger partial charge in [0.05, 0.1) is 18.4 Å². The molecule has 26 heavy (non-hydrogen) atoms. The van der Waals surface area contributed by atoms with Gasteiger partial charge in [-0.1, -0.05) is 18.2 Å². The highest BCUT2D eigenvalue weighted by molar-refractivity contribution is 5.94. The Balaban J connectivity index is 1.66. The summed E-state index contributed by atoms with van der Waals surface area (Å²) in [5, 5.41) is 4.66. The van der Waals surface area contributed by atoms with Crippen LogP contribution >= 0.6 is 0 Å². The number of ether oxygens (including phenoxy) is 1. The fraction of sp³-hybridized carbons (Fsp3) is 0.286. The van der Waals surface area contributed by atoms with Crippen LogP contribution in [0, 0.1) is 19.8 Å². The molecule has 0 spiro atoms. The molecular weight excluding hydrogens is 328 g/mol. The van der Waals surface area contributed by atoms with Crippen LogP contribution < -0.4 is 20.6 Å². The van der Waals surface area contributed by atoms with Gasteiger partial charge >= 0.3 is 0 Å². The zero-order valence-electron chi connectivity index (χ0n) is 15.2. The Morgan fingerprint density at radius 1 is 1.12 bits per heavy atom. The highest BCUT2D eigenvalue weighted by Gasteiger charge is 2.19. The van der Waals surface area contributed by atoms with Crippen molar-refractivity contribution in [2.45, 2.75) is 20.3 Å². The van der Waals surface area contributed by atoms with Gasteiger partial charge in [0.25, 0.3) is 11.8 Å². The van der Waals surface area contributed by atoms with Gasteiger partial charge in [-0.15, -0.1) is 0 Å². The number of rotatable bonds is 5. The molecule has 3 rings (SSSR count). The number of benzene rings is 2. The fourth-order valence-corrected chi connectivity index (χ4v) is 3.03. The molecule has 0 fully saturated rings. The number of nitrogens with one attached hydrogen (secondary N) is 1. The van der Waals surface area contributed by atoms with Gasteiger partial charge in [0.15, 0.2) is 0 Å². The summed E-state index contributed by atoms with van der Waals surface area (Å²) in [7, 11) is 1.58. The summed E-state index contributed by atoms with van der Waals surface area (Å²) in [6.07, 6.45) is 2.50. The quantitative estimate of drug-likeness (QED) is 0.892. The topological polar surface area (TPSA) is 67.8 Å². The van der Waals surface area contributed by atoms with Crippen molar-refractivity contribution in [3.63, 3.8) is 0 Å². The summed E-state index contributed by atoms with van der Waals surface area (Å²) in [4.78, 5) is 28.8. The molecule has 5 heteroatoms. The molecule has 2 aromatic rings. The Kier molecular flexibility index (Phi) is 5.16. The fourth-order valence-electron chi connectivity index (χ4n) is 3.03. The number of fused-ring (bicyclic) bond motifs is 1. The van der Waals surface area contributed by atoms with Gasteiger partial charge in [-0.2, -0.15) is 0 Å². The molecule has 0 saturated heterocycles. The van der Waals surface area contributed by atoms with Gasteiger partial charge < -0.3 is 10.1 Å². The third kappa shape index (κ3) is 3.67. The minimum atomic E-state index is -0.306. The van der Waals surface area contributed by atoms with Gasteiger partial charge in [0.2, 0.25) is 0 Å². The third-order valence-corrected chi connectivity index (χ3v) is 4.64. The second kappa shape index (κ2) is 7.52. The van der Waals surface area contributed by atoms with Crippen molar-refractivity contribution in [3.05, 3.63) is 63.7 Å². The number of nitrogens with zero attached hydrogens (tertiary/aromatic N) is 1. The molecule has 2 aromatic carbocycles. The van der Waals surface area contributed by atoms with Crippen LogP contribution in [0.5, 0.6) is 5.75 Å². The first-order valence-electron chi connectivity index (χ1n) is 8.62. The average Bonchev–Trinajstić information content (AvgIpc) is 2.65. The van der Waals surface area contributed by atoms with E-state index in [-0.39, 0.29) is 17.7 Å². The Labute approximate surface area is 152 Å². The van der Waals surface area contributed by atoms with Crippen LogP contribution in [0.4, 0.5) is 0 Å². The van der Waals surface area contributed by atoms with E-state index in [9.17, 15) is 9.59 Å². The van der Waals surface area contributed by atoms with E-state index >= 15 is 0 Å². The minimum Gasteiger partial charge on any atom is -0.497 e. The first kappa shape index (κ1) is 17.9. The standard InChI is InChI=1S/C21H22N2O3/c1-13-4-5-14(2)19-18(13)12-16(21(25)23-19)10-11-22-20(24)15-6-8-17(26-3)9-7-15/h4-9,12,16H,10-11H2,1-3H3,(H,22,24). The van der Waals surface area contributed by atoms with Gasteiger partial charge in [-0.3, -0.25) is 9.59 Å². The molecule has 1 unspecified atom stereocenters. The van der Waals surface area contributed by atoms with Gasteiger partial charge in [-0.25, -0.2) is 4.99 Å². The molecule has 134 valence electrons. The Morgan fingerprint density at radius 2 is 1.81 bits per heavy atom. The summed E-state index contributed by atoms with van der Waals surface area (Å²) in [6.45, 7) is 4.38. The summed E-state index contributed by atoms with van der Waals surface area (Å²) in [5.74, 6) is 0.0826. The van der Waals surface area contributed by atoms with Crippen LogP contribution in [0.15, 0.2) is 41.4 Å². The van der Waals surface area contributed by atoms with Crippen molar-refractivity contribution in [2.75, 3.05) is 13.7 Å². The number of carbonyl (C=O) groups is 2. The average molecular weight is 350 g/mol. The maximum absolute atomic E-state index is 12.3. The number of carbonyl (C=O) groups excluding carboxylic acids is 2. The maximum atomic E-state index is 12.3. The van der Waals surface area contributed by atoms with Crippen LogP contribution in [-0.4, -0.2) is 25.5 Å². The van der Waals surface area contributed by atoms with Crippen molar-refractivity contribution in [2.24, 2.45) is 10.9 Å². The number of aryl methyl sites for hydroxylation is 2. The molecular formula is C21H22N2O3. The van der Waals surface area contributed by atoms with E-state index in [1.165, 1.54) is 0 Å². The Morgan fingerprint density at radius 3 is 2.50 bits per heavy atom. The second-order valence-corrected chi connectivity index (χ2v) is 6.46. The van der Waals surface area contributed by atoms with Crippen LogP contribution in [-0.2, 0) is 4.79 Å². The third-order valence-electron chi connectivity index (χ3n) is 4.64. The second-order valence-electron chi connectivity index (χ2n) is 6.46. The largest absolute Gasteiger partial charge is 0.497 e. The zero-order valence-corrected chi connectivity index (χ0v) is 15.2. The maximum Gasteiger partial charge on any atom is 0.253 e. The lowest BCUT2D eigenvalue weighted by Gasteiger charge is -2.14. The molecule has 1 aliphatic heterocycles. The molecule has 1 heterocycles. The molecule has 2 amide bonds.